The number of alkyl carbamates (subject to hydrolysis) is 1. The van der Waals surface area contributed by atoms with Crippen molar-refractivity contribution in [3.05, 3.63) is 35.9 Å². The van der Waals surface area contributed by atoms with Crippen LogP contribution in [0.15, 0.2) is 30.3 Å². The summed E-state index contributed by atoms with van der Waals surface area (Å²) in [6.45, 7) is 7.12. The van der Waals surface area contributed by atoms with E-state index in [4.69, 9.17) is 9.47 Å². The minimum atomic E-state index is -0.510. The van der Waals surface area contributed by atoms with Crippen LogP contribution in [-0.2, 0) is 16.1 Å². The summed E-state index contributed by atoms with van der Waals surface area (Å²) in [7, 11) is 0. The van der Waals surface area contributed by atoms with Crippen LogP contribution in [0, 0.1) is 5.41 Å². The van der Waals surface area contributed by atoms with Crippen LogP contribution in [0.1, 0.15) is 45.6 Å². The first kappa shape index (κ1) is 18.5. The van der Waals surface area contributed by atoms with Crippen LogP contribution in [0.25, 0.3) is 0 Å². The molecular weight excluding hydrogens is 332 g/mol. The van der Waals surface area contributed by atoms with Crippen LogP contribution in [0.3, 0.4) is 0 Å². The third-order valence-corrected chi connectivity index (χ3v) is 5.21. The van der Waals surface area contributed by atoms with Crippen molar-refractivity contribution < 1.29 is 19.1 Å². The second-order valence-corrected chi connectivity index (χ2v) is 8.31. The molecule has 2 amide bonds. The molecule has 6 nitrogen and oxygen atoms in total. The molecule has 2 aliphatic rings. The fraction of sp³-hybridized carbons (Fsp3) is 0.600. The lowest BCUT2D eigenvalue weighted by Gasteiger charge is -2.47. The van der Waals surface area contributed by atoms with E-state index in [1.54, 1.807) is 4.90 Å². The van der Waals surface area contributed by atoms with Gasteiger partial charge in [0.15, 0.2) is 0 Å². The van der Waals surface area contributed by atoms with Gasteiger partial charge < -0.3 is 19.7 Å². The second-order valence-electron chi connectivity index (χ2n) is 8.31. The molecule has 1 aromatic carbocycles. The number of amides is 2. The molecule has 1 heterocycles. The fourth-order valence-corrected chi connectivity index (χ4v) is 3.72. The first-order valence-electron chi connectivity index (χ1n) is 9.23. The summed E-state index contributed by atoms with van der Waals surface area (Å²) >= 11 is 0. The lowest BCUT2D eigenvalue weighted by molar-refractivity contribution is 0.0253. The van der Waals surface area contributed by atoms with Gasteiger partial charge in [0.25, 0.3) is 0 Å². The van der Waals surface area contributed by atoms with E-state index in [1.807, 2.05) is 51.1 Å². The molecule has 1 aliphatic heterocycles. The van der Waals surface area contributed by atoms with E-state index in [0.717, 1.165) is 24.8 Å². The second kappa shape index (κ2) is 7.17. The zero-order valence-electron chi connectivity index (χ0n) is 15.8. The summed E-state index contributed by atoms with van der Waals surface area (Å²) in [5.74, 6) is 0. The SMILES string of the molecule is CC(C)(C)OC(=O)NC1CCC12CCN(C(=O)OCc1ccccc1)C2. The third-order valence-electron chi connectivity index (χ3n) is 5.21. The number of benzene rings is 1. The van der Waals surface area contributed by atoms with E-state index in [-0.39, 0.29) is 30.3 Å². The van der Waals surface area contributed by atoms with Crippen molar-refractivity contribution in [2.24, 2.45) is 5.41 Å². The molecule has 3 rings (SSSR count). The molecule has 0 radical (unpaired) electrons. The van der Waals surface area contributed by atoms with Gasteiger partial charge in [-0.3, -0.25) is 0 Å². The van der Waals surface area contributed by atoms with Crippen LogP contribution in [0.4, 0.5) is 9.59 Å². The first-order valence-corrected chi connectivity index (χ1v) is 9.23. The number of carbonyl (C=O) groups is 2. The molecule has 2 atom stereocenters. The Balaban J connectivity index is 1.49. The van der Waals surface area contributed by atoms with E-state index in [2.05, 4.69) is 5.32 Å². The molecular formula is C20H28N2O4. The number of ether oxygens (including phenoxy) is 2. The van der Waals surface area contributed by atoms with Gasteiger partial charge in [0.2, 0.25) is 0 Å². The van der Waals surface area contributed by atoms with Crippen LogP contribution < -0.4 is 5.32 Å². The van der Waals surface area contributed by atoms with Gasteiger partial charge in [-0.05, 0) is 45.6 Å². The summed E-state index contributed by atoms with van der Waals surface area (Å²) in [5, 5.41) is 2.98. The Hall–Kier alpha value is -2.24. The number of carbonyl (C=O) groups excluding carboxylic acids is 2. The molecule has 1 saturated carbocycles. The van der Waals surface area contributed by atoms with Crippen LogP contribution in [0.2, 0.25) is 0 Å². The van der Waals surface area contributed by atoms with Crippen molar-refractivity contribution in [3.63, 3.8) is 0 Å². The lowest BCUT2D eigenvalue weighted by Crippen LogP contribution is -2.57. The Labute approximate surface area is 154 Å². The number of hydrogen-bond acceptors (Lipinski definition) is 4. The normalized spacial score (nSPS) is 24.9. The van der Waals surface area contributed by atoms with Crippen molar-refractivity contribution >= 4 is 12.2 Å². The maximum atomic E-state index is 12.4. The van der Waals surface area contributed by atoms with Crippen LogP contribution in [0.5, 0.6) is 0 Å². The molecule has 142 valence electrons. The van der Waals surface area contributed by atoms with Gasteiger partial charge in [-0.15, -0.1) is 0 Å². The van der Waals surface area contributed by atoms with Crippen molar-refractivity contribution in [2.45, 2.75) is 58.3 Å². The highest BCUT2D eigenvalue weighted by Crippen LogP contribution is 2.48. The van der Waals surface area contributed by atoms with Gasteiger partial charge in [-0.2, -0.15) is 0 Å². The molecule has 1 aliphatic carbocycles. The summed E-state index contributed by atoms with van der Waals surface area (Å²) in [6.07, 6.45) is 2.15. The molecule has 1 aromatic rings. The molecule has 2 fully saturated rings. The number of likely N-dealkylation sites (tertiary alicyclic amines) is 1. The number of rotatable bonds is 3. The maximum absolute atomic E-state index is 12.4. The molecule has 1 spiro atoms. The Morgan fingerprint density at radius 3 is 2.58 bits per heavy atom. The maximum Gasteiger partial charge on any atom is 0.410 e. The summed E-state index contributed by atoms with van der Waals surface area (Å²) in [4.78, 5) is 26.1. The van der Waals surface area contributed by atoms with Crippen molar-refractivity contribution in [1.29, 1.82) is 0 Å². The predicted molar refractivity (Wildman–Crippen MR) is 97.6 cm³/mol. The van der Waals surface area contributed by atoms with Crippen LogP contribution >= 0.6 is 0 Å². The minimum Gasteiger partial charge on any atom is -0.445 e. The molecule has 6 heteroatoms. The number of hydrogen-bond donors (Lipinski definition) is 1. The Bertz CT molecular complexity index is 656. The Morgan fingerprint density at radius 2 is 1.96 bits per heavy atom. The highest BCUT2D eigenvalue weighted by molar-refractivity contribution is 5.69. The number of nitrogens with zero attached hydrogens (tertiary/aromatic N) is 1. The zero-order valence-corrected chi connectivity index (χ0v) is 15.8. The van der Waals surface area contributed by atoms with E-state index >= 15 is 0 Å². The molecule has 1 N–H and O–H groups in total. The van der Waals surface area contributed by atoms with Gasteiger partial charge in [-0.25, -0.2) is 9.59 Å². The van der Waals surface area contributed by atoms with E-state index < -0.39 is 5.60 Å². The van der Waals surface area contributed by atoms with Crippen molar-refractivity contribution in [1.82, 2.24) is 10.2 Å². The van der Waals surface area contributed by atoms with Crippen molar-refractivity contribution in [2.75, 3.05) is 13.1 Å². The lowest BCUT2D eigenvalue weighted by atomic mass is 9.64. The quantitative estimate of drug-likeness (QED) is 0.892. The monoisotopic (exact) mass is 360 g/mol. The molecule has 0 aromatic heterocycles. The highest BCUT2D eigenvalue weighted by Gasteiger charge is 2.52. The standard InChI is InChI=1S/C20H28N2O4/c1-19(2,3)26-17(23)21-16-9-10-20(16)11-12-22(14-20)18(24)25-13-15-7-5-4-6-8-15/h4-8,16H,9-14H2,1-3H3,(H,21,23). The van der Waals surface area contributed by atoms with Crippen molar-refractivity contribution in [3.8, 4) is 0 Å². The molecule has 1 saturated heterocycles. The zero-order chi connectivity index (χ0) is 18.8. The van der Waals surface area contributed by atoms with E-state index in [0.29, 0.717) is 13.1 Å². The topological polar surface area (TPSA) is 67.9 Å². The summed E-state index contributed by atoms with van der Waals surface area (Å²) in [5.41, 5.74) is 0.426. The van der Waals surface area contributed by atoms with E-state index in [1.165, 1.54) is 0 Å². The average molecular weight is 360 g/mol. The highest BCUT2D eigenvalue weighted by atomic mass is 16.6. The van der Waals surface area contributed by atoms with Gasteiger partial charge in [-0.1, -0.05) is 30.3 Å². The molecule has 2 unspecified atom stereocenters. The Morgan fingerprint density at radius 1 is 1.23 bits per heavy atom. The first-order chi connectivity index (χ1) is 12.3. The van der Waals surface area contributed by atoms with Gasteiger partial charge in [0.1, 0.15) is 12.2 Å². The fourth-order valence-electron chi connectivity index (χ4n) is 3.72. The van der Waals surface area contributed by atoms with E-state index in [9.17, 15) is 9.59 Å². The number of nitrogens with one attached hydrogen (secondary N) is 1. The van der Waals surface area contributed by atoms with Crippen LogP contribution in [-0.4, -0.2) is 41.8 Å². The Kier molecular flexibility index (Phi) is 5.12. The van der Waals surface area contributed by atoms with Gasteiger partial charge in [0.05, 0.1) is 0 Å². The average Bonchev–Trinajstić information content (AvgIpc) is 3.04. The largest absolute Gasteiger partial charge is 0.445 e. The minimum absolute atomic E-state index is 0.0390. The van der Waals surface area contributed by atoms with Gasteiger partial charge in [0, 0.05) is 24.5 Å². The third kappa shape index (κ3) is 4.29. The molecule has 0 bridgehead atoms. The summed E-state index contributed by atoms with van der Waals surface area (Å²) in [6, 6.07) is 9.72. The summed E-state index contributed by atoms with van der Waals surface area (Å²) < 4.78 is 10.8. The van der Waals surface area contributed by atoms with Gasteiger partial charge >= 0.3 is 12.2 Å². The predicted octanol–water partition coefficient (Wildman–Crippen LogP) is 3.70. The molecule has 26 heavy (non-hydrogen) atoms. The smallest absolute Gasteiger partial charge is 0.410 e.